The van der Waals surface area contributed by atoms with E-state index in [-0.39, 0.29) is 23.5 Å². The second kappa shape index (κ2) is 7.93. The molecular weight excluding hydrogens is 286 g/mol. The van der Waals surface area contributed by atoms with Crippen LogP contribution in [0, 0.1) is 0 Å². The number of anilines is 2. The normalized spacial score (nSPS) is 9.86. The number of carbonyl (C=O) groups excluding carboxylic acids is 3. The average molecular weight is 300 g/mol. The van der Waals surface area contributed by atoms with Gasteiger partial charge in [0.2, 0.25) is 0 Å². The van der Waals surface area contributed by atoms with Crippen molar-refractivity contribution in [2.45, 2.75) is 6.92 Å². The van der Waals surface area contributed by atoms with Gasteiger partial charge < -0.3 is 15.4 Å². The standard InChI is InChI=1S/C13H14F2N2O4/c1-2-21-13(20)9-4-3-8(16-11(18)6-14)5-10(9)17-12(19)7-15/h3-5H,2,6-7H2,1H3,(H,16,18)(H,17,19). The highest BCUT2D eigenvalue weighted by atomic mass is 19.1. The van der Waals surface area contributed by atoms with E-state index in [9.17, 15) is 23.2 Å². The van der Waals surface area contributed by atoms with Crippen LogP contribution in [0.25, 0.3) is 0 Å². The van der Waals surface area contributed by atoms with Crippen LogP contribution in [0.3, 0.4) is 0 Å². The first-order valence-corrected chi connectivity index (χ1v) is 6.04. The molecule has 0 atom stereocenters. The Kier molecular flexibility index (Phi) is 6.25. The van der Waals surface area contributed by atoms with Crippen molar-refractivity contribution in [2.24, 2.45) is 0 Å². The maximum atomic E-state index is 12.3. The Balaban J connectivity index is 3.09. The summed E-state index contributed by atoms with van der Waals surface area (Å²) in [5.41, 5.74) is 0.115. The Bertz CT molecular complexity index is 549. The first kappa shape index (κ1) is 16.5. The first-order valence-electron chi connectivity index (χ1n) is 6.04. The van der Waals surface area contributed by atoms with Crippen molar-refractivity contribution in [1.82, 2.24) is 0 Å². The van der Waals surface area contributed by atoms with Crippen LogP contribution < -0.4 is 10.6 Å². The van der Waals surface area contributed by atoms with Gasteiger partial charge in [0, 0.05) is 5.69 Å². The molecule has 0 fully saturated rings. The second-order valence-electron chi connectivity index (χ2n) is 3.84. The van der Waals surface area contributed by atoms with Gasteiger partial charge in [0.1, 0.15) is 0 Å². The number of hydrogen-bond donors (Lipinski definition) is 2. The van der Waals surface area contributed by atoms with Crippen molar-refractivity contribution >= 4 is 29.2 Å². The van der Waals surface area contributed by atoms with Gasteiger partial charge in [-0.05, 0) is 25.1 Å². The molecule has 0 radical (unpaired) electrons. The van der Waals surface area contributed by atoms with E-state index in [0.29, 0.717) is 0 Å². The van der Waals surface area contributed by atoms with Crippen LogP contribution in [0.4, 0.5) is 20.2 Å². The van der Waals surface area contributed by atoms with Crippen LogP contribution in [0.2, 0.25) is 0 Å². The van der Waals surface area contributed by atoms with E-state index in [1.807, 2.05) is 0 Å². The topological polar surface area (TPSA) is 84.5 Å². The second-order valence-corrected chi connectivity index (χ2v) is 3.84. The Morgan fingerprint density at radius 1 is 1.10 bits per heavy atom. The van der Waals surface area contributed by atoms with Gasteiger partial charge in [-0.15, -0.1) is 0 Å². The van der Waals surface area contributed by atoms with Gasteiger partial charge in [-0.3, -0.25) is 9.59 Å². The largest absolute Gasteiger partial charge is 0.462 e. The summed E-state index contributed by atoms with van der Waals surface area (Å²) in [5, 5.41) is 4.38. The number of halogens is 2. The molecular formula is C13H14F2N2O4. The van der Waals surface area contributed by atoms with E-state index in [1.165, 1.54) is 18.2 Å². The summed E-state index contributed by atoms with van der Waals surface area (Å²) in [6, 6.07) is 3.83. The zero-order valence-corrected chi connectivity index (χ0v) is 11.2. The Hall–Kier alpha value is -2.51. The van der Waals surface area contributed by atoms with E-state index < -0.39 is 31.1 Å². The van der Waals surface area contributed by atoms with Gasteiger partial charge in [-0.25, -0.2) is 13.6 Å². The smallest absolute Gasteiger partial charge is 0.340 e. The van der Waals surface area contributed by atoms with Crippen molar-refractivity contribution in [3.05, 3.63) is 23.8 Å². The molecule has 0 spiro atoms. The average Bonchev–Trinajstić information content (AvgIpc) is 2.47. The van der Waals surface area contributed by atoms with Gasteiger partial charge in [-0.2, -0.15) is 0 Å². The maximum Gasteiger partial charge on any atom is 0.340 e. The molecule has 0 aliphatic rings. The zero-order valence-electron chi connectivity index (χ0n) is 11.2. The third kappa shape index (κ3) is 4.83. The lowest BCUT2D eigenvalue weighted by atomic mass is 10.1. The summed E-state index contributed by atoms with van der Waals surface area (Å²) in [6.07, 6.45) is 0. The molecule has 1 aromatic carbocycles. The number of amides is 2. The van der Waals surface area contributed by atoms with Crippen molar-refractivity contribution in [2.75, 3.05) is 30.6 Å². The van der Waals surface area contributed by atoms with Gasteiger partial charge in [0.05, 0.1) is 17.9 Å². The molecule has 0 saturated carbocycles. The molecule has 0 aromatic heterocycles. The Morgan fingerprint density at radius 3 is 2.29 bits per heavy atom. The molecule has 2 N–H and O–H groups in total. The summed E-state index contributed by atoms with van der Waals surface area (Å²) in [4.78, 5) is 33.8. The van der Waals surface area contributed by atoms with Crippen LogP contribution in [0.15, 0.2) is 18.2 Å². The Morgan fingerprint density at radius 2 is 1.71 bits per heavy atom. The molecule has 2 amide bonds. The van der Waals surface area contributed by atoms with Gasteiger partial charge in [-0.1, -0.05) is 0 Å². The number of nitrogens with one attached hydrogen (secondary N) is 2. The predicted octanol–water partition coefficient (Wildman–Crippen LogP) is 1.68. The monoisotopic (exact) mass is 300 g/mol. The van der Waals surface area contributed by atoms with E-state index >= 15 is 0 Å². The van der Waals surface area contributed by atoms with Gasteiger partial charge in [0.25, 0.3) is 11.8 Å². The third-order valence-corrected chi connectivity index (χ3v) is 2.32. The van der Waals surface area contributed by atoms with E-state index in [2.05, 4.69) is 10.6 Å². The summed E-state index contributed by atoms with van der Waals surface area (Å²) in [7, 11) is 0. The third-order valence-electron chi connectivity index (χ3n) is 2.32. The number of carbonyl (C=O) groups is 3. The number of esters is 1. The predicted molar refractivity (Wildman–Crippen MR) is 71.6 cm³/mol. The quantitative estimate of drug-likeness (QED) is 0.783. The fourth-order valence-corrected chi connectivity index (χ4v) is 1.49. The van der Waals surface area contributed by atoms with Gasteiger partial charge >= 0.3 is 5.97 Å². The van der Waals surface area contributed by atoms with E-state index in [0.717, 1.165) is 0 Å². The van der Waals surface area contributed by atoms with E-state index in [1.54, 1.807) is 6.92 Å². The van der Waals surface area contributed by atoms with Crippen LogP contribution in [0.1, 0.15) is 17.3 Å². The van der Waals surface area contributed by atoms with Crippen LogP contribution in [0.5, 0.6) is 0 Å². The summed E-state index contributed by atoms with van der Waals surface area (Å²) in [5.74, 6) is -2.56. The number of ether oxygens (including phenoxy) is 1. The van der Waals surface area contributed by atoms with Crippen LogP contribution >= 0.6 is 0 Å². The molecule has 0 aliphatic heterocycles. The molecule has 114 valence electrons. The van der Waals surface area contributed by atoms with Crippen molar-refractivity contribution in [3.63, 3.8) is 0 Å². The molecule has 8 heteroatoms. The molecule has 0 saturated heterocycles. The summed E-state index contributed by atoms with van der Waals surface area (Å²) >= 11 is 0. The minimum absolute atomic E-state index is 0.00287. The number of alkyl halides is 2. The molecule has 0 unspecified atom stereocenters. The molecule has 21 heavy (non-hydrogen) atoms. The number of rotatable bonds is 6. The zero-order chi connectivity index (χ0) is 15.8. The highest BCUT2D eigenvalue weighted by Crippen LogP contribution is 2.22. The Labute approximate surface area is 119 Å². The fourth-order valence-electron chi connectivity index (χ4n) is 1.49. The number of hydrogen-bond acceptors (Lipinski definition) is 4. The van der Waals surface area contributed by atoms with Crippen LogP contribution in [-0.4, -0.2) is 37.7 Å². The minimum atomic E-state index is -1.27. The molecule has 6 nitrogen and oxygen atoms in total. The first-order chi connectivity index (χ1) is 10.0. The van der Waals surface area contributed by atoms with Crippen molar-refractivity contribution in [3.8, 4) is 0 Å². The SMILES string of the molecule is CCOC(=O)c1ccc(NC(=O)CF)cc1NC(=O)CF. The maximum absolute atomic E-state index is 12.3. The molecule has 0 bridgehead atoms. The molecule has 0 aliphatic carbocycles. The van der Waals surface area contributed by atoms with Crippen LogP contribution in [-0.2, 0) is 14.3 Å². The highest BCUT2D eigenvalue weighted by molar-refractivity contribution is 6.03. The minimum Gasteiger partial charge on any atom is -0.462 e. The fraction of sp³-hybridized carbons (Fsp3) is 0.308. The lowest BCUT2D eigenvalue weighted by molar-refractivity contribution is -0.117. The van der Waals surface area contributed by atoms with Gasteiger partial charge in [0.15, 0.2) is 13.3 Å². The number of benzene rings is 1. The van der Waals surface area contributed by atoms with Crippen molar-refractivity contribution in [1.29, 1.82) is 0 Å². The highest BCUT2D eigenvalue weighted by Gasteiger charge is 2.16. The molecule has 1 rings (SSSR count). The van der Waals surface area contributed by atoms with E-state index in [4.69, 9.17) is 4.74 Å². The molecule has 1 aromatic rings. The van der Waals surface area contributed by atoms with Crippen molar-refractivity contribution < 1.29 is 27.9 Å². The lowest BCUT2D eigenvalue weighted by Gasteiger charge is -2.12. The summed E-state index contributed by atoms with van der Waals surface area (Å²) in [6.45, 7) is -0.766. The summed E-state index contributed by atoms with van der Waals surface area (Å²) < 4.78 is 29.2. The lowest BCUT2D eigenvalue weighted by Crippen LogP contribution is -2.18. The molecule has 0 heterocycles.